The topological polar surface area (TPSA) is 95.5 Å². The molecule has 27 heavy (non-hydrogen) atoms. The minimum Gasteiger partial charge on any atom is -0.388 e. The van der Waals surface area contributed by atoms with E-state index in [0.717, 1.165) is 0 Å². The predicted molar refractivity (Wildman–Crippen MR) is 107 cm³/mol. The first-order valence-electron chi connectivity index (χ1n) is 8.61. The van der Waals surface area contributed by atoms with E-state index in [-0.39, 0.29) is 6.54 Å². The standard InChI is InChI=1S/C19H25ClN2O4S/c1-14(2)27(25,26)22-12-18(3,24)19(16-6-4-5-7-17(16)20)10-8-15(9-11-19)21-13-23/h4-10,13-14,22,24H,11-12H2,1-3H3,(H,21,23). The molecule has 0 heterocycles. The summed E-state index contributed by atoms with van der Waals surface area (Å²) in [5.41, 5.74) is -1.18. The molecular weight excluding hydrogens is 388 g/mol. The SMILES string of the molecule is CC(C)S(=O)(=O)NCC(C)(O)C1(c2ccccc2Cl)C=CC(NC=O)=CC1. The molecule has 1 aromatic carbocycles. The van der Waals surface area contributed by atoms with Crippen LogP contribution in [0.15, 0.2) is 48.2 Å². The van der Waals surface area contributed by atoms with Crippen LogP contribution >= 0.6 is 11.6 Å². The van der Waals surface area contributed by atoms with E-state index in [0.29, 0.717) is 29.1 Å². The van der Waals surface area contributed by atoms with Crippen molar-refractivity contribution in [3.63, 3.8) is 0 Å². The van der Waals surface area contributed by atoms with Crippen molar-refractivity contribution < 1.29 is 18.3 Å². The van der Waals surface area contributed by atoms with Gasteiger partial charge in [0.05, 0.1) is 10.9 Å². The number of hydrogen-bond acceptors (Lipinski definition) is 4. The summed E-state index contributed by atoms with van der Waals surface area (Å²) in [6.45, 7) is 4.53. The fraction of sp³-hybridized carbons (Fsp3) is 0.421. The number of aliphatic hydroxyl groups is 1. The fourth-order valence-electron chi connectivity index (χ4n) is 3.09. The van der Waals surface area contributed by atoms with E-state index in [9.17, 15) is 18.3 Å². The Morgan fingerprint density at radius 2 is 2.04 bits per heavy atom. The van der Waals surface area contributed by atoms with Crippen LogP contribution in [0.25, 0.3) is 0 Å². The summed E-state index contributed by atoms with van der Waals surface area (Å²) in [5, 5.41) is 13.8. The van der Waals surface area contributed by atoms with Gasteiger partial charge in [0.1, 0.15) is 0 Å². The molecule has 8 heteroatoms. The Morgan fingerprint density at radius 3 is 2.56 bits per heavy atom. The van der Waals surface area contributed by atoms with Crippen molar-refractivity contribution in [2.75, 3.05) is 6.54 Å². The third-order valence-electron chi connectivity index (χ3n) is 4.97. The van der Waals surface area contributed by atoms with Gasteiger partial charge in [0, 0.05) is 22.7 Å². The van der Waals surface area contributed by atoms with E-state index in [1.165, 1.54) is 0 Å². The number of halogens is 1. The second kappa shape index (κ2) is 8.14. The van der Waals surface area contributed by atoms with Crippen molar-refractivity contribution in [1.82, 2.24) is 10.0 Å². The number of hydrogen-bond donors (Lipinski definition) is 3. The molecule has 1 aliphatic carbocycles. The highest BCUT2D eigenvalue weighted by Crippen LogP contribution is 2.45. The lowest BCUT2D eigenvalue weighted by Gasteiger charge is -2.45. The third-order valence-corrected chi connectivity index (χ3v) is 7.09. The van der Waals surface area contributed by atoms with E-state index < -0.39 is 26.3 Å². The summed E-state index contributed by atoms with van der Waals surface area (Å²) in [5.74, 6) is 0. The molecule has 1 amide bonds. The maximum Gasteiger partial charge on any atom is 0.214 e. The monoisotopic (exact) mass is 412 g/mol. The number of benzene rings is 1. The Morgan fingerprint density at radius 1 is 1.37 bits per heavy atom. The maximum absolute atomic E-state index is 12.2. The van der Waals surface area contributed by atoms with Crippen LogP contribution in [0.4, 0.5) is 0 Å². The highest BCUT2D eigenvalue weighted by Gasteiger charge is 2.48. The predicted octanol–water partition coefficient (Wildman–Crippen LogP) is 2.25. The van der Waals surface area contributed by atoms with Gasteiger partial charge in [-0.25, -0.2) is 13.1 Å². The van der Waals surface area contributed by atoms with Gasteiger partial charge in [-0.1, -0.05) is 42.0 Å². The van der Waals surface area contributed by atoms with Crippen LogP contribution in [-0.2, 0) is 20.2 Å². The number of carbonyl (C=O) groups is 1. The van der Waals surface area contributed by atoms with Crippen LogP contribution in [0, 0.1) is 0 Å². The van der Waals surface area contributed by atoms with Gasteiger partial charge in [-0.2, -0.15) is 0 Å². The van der Waals surface area contributed by atoms with Crippen molar-refractivity contribution in [2.24, 2.45) is 0 Å². The van der Waals surface area contributed by atoms with Gasteiger partial charge in [-0.05, 0) is 44.9 Å². The smallest absolute Gasteiger partial charge is 0.214 e. The number of allylic oxidation sites excluding steroid dienone is 2. The second-order valence-corrected chi connectivity index (χ2v) is 9.83. The van der Waals surface area contributed by atoms with E-state index in [1.807, 2.05) is 12.1 Å². The van der Waals surface area contributed by atoms with Crippen molar-refractivity contribution in [2.45, 2.75) is 43.5 Å². The molecule has 0 fully saturated rings. The highest BCUT2D eigenvalue weighted by atomic mass is 35.5. The largest absolute Gasteiger partial charge is 0.388 e. The molecule has 0 bridgehead atoms. The minimum absolute atomic E-state index is 0.187. The lowest BCUT2D eigenvalue weighted by molar-refractivity contribution is -0.108. The van der Waals surface area contributed by atoms with Gasteiger partial charge in [0.2, 0.25) is 16.4 Å². The van der Waals surface area contributed by atoms with Crippen molar-refractivity contribution >= 4 is 28.0 Å². The molecule has 3 N–H and O–H groups in total. The molecule has 148 valence electrons. The Kier molecular flexibility index (Phi) is 6.52. The number of nitrogens with one attached hydrogen (secondary N) is 2. The van der Waals surface area contributed by atoms with Gasteiger partial charge >= 0.3 is 0 Å². The van der Waals surface area contributed by atoms with Gasteiger partial charge in [0.15, 0.2) is 0 Å². The molecule has 0 saturated carbocycles. The minimum atomic E-state index is -3.55. The van der Waals surface area contributed by atoms with E-state index in [1.54, 1.807) is 51.1 Å². The Bertz CT molecular complexity index is 862. The maximum atomic E-state index is 12.2. The number of amides is 1. The summed E-state index contributed by atoms with van der Waals surface area (Å²) in [7, 11) is -3.55. The lowest BCUT2D eigenvalue weighted by Crippen LogP contribution is -2.56. The van der Waals surface area contributed by atoms with Gasteiger partial charge in [0.25, 0.3) is 0 Å². The number of carbonyl (C=O) groups excluding carboxylic acids is 1. The van der Waals surface area contributed by atoms with Crippen LogP contribution in [0.3, 0.4) is 0 Å². The normalized spacial score (nSPS) is 22.2. The van der Waals surface area contributed by atoms with E-state index in [4.69, 9.17) is 11.6 Å². The average Bonchev–Trinajstić information content (AvgIpc) is 2.61. The molecule has 0 aromatic heterocycles. The molecule has 2 rings (SSSR count). The van der Waals surface area contributed by atoms with Crippen LogP contribution in [0.5, 0.6) is 0 Å². The molecule has 1 aliphatic rings. The fourth-order valence-corrected chi connectivity index (χ4v) is 4.21. The number of sulfonamides is 1. The summed E-state index contributed by atoms with van der Waals surface area (Å²) in [6, 6.07) is 7.14. The van der Waals surface area contributed by atoms with Gasteiger partial charge in [-0.15, -0.1) is 0 Å². The molecule has 0 aliphatic heterocycles. The van der Waals surface area contributed by atoms with Gasteiger partial charge < -0.3 is 10.4 Å². The Labute approximate surface area is 165 Å². The van der Waals surface area contributed by atoms with Crippen LogP contribution in [0.1, 0.15) is 32.8 Å². The van der Waals surface area contributed by atoms with E-state index in [2.05, 4.69) is 10.0 Å². The van der Waals surface area contributed by atoms with Crippen molar-refractivity contribution in [3.05, 3.63) is 58.8 Å². The van der Waals surface area contributed by atoms with E-state index >= 15 is 0 Å². The Balaban J connectivity index is 2.46. The molecule has 0 saturated heterocycles. The van der Waals surface area contributed by atoms with Crippen LogP contribution in [-0.4, -0.2) is 37.3 Å². The Hall–Kier alpha value is -1.67. The summed E-state index contributed by atoms with van der Waals surface area (Å²) < 4.78 is 26.9. The van der Waals surface area contributed by atoms with Crippen molar-refractivity contribution in [1.29, 1.82) is 0 Å². The molecule has 6 nitrogen and oxygen atoms in total. The summed E-state index contributed by atoms with van der Waals surface area (Å²) in [6.07, 6.45) is 6.15. The number of rotatable bonds is 8. The second-order valence-electron chi connectivity index (χ2n) is 7.10. The third kappa shape index (κ3) is 4.43. The van der Waals surface area contributed by atoms with Crippen LogP contribution in [0.2, 0.25) is 5.02 Å². The first kappa shape index (κ1) is 21.6. The first-order valence-corrected chi connectivity index (χ1v) is 10.5. The zero-order valence-corrected chi connectivity index (χ0v) is 17.1. The zero-order valence-electron chi connectivity index (χ0n) is 15.6. The average molecular weight is 413 g/mol. The molecule has 0 spiro atoms. The molecule has 0 radical (unpaired) electrons. The first-order chi connectivity index (χ1) is 12.6. The molecule has 1 aromatic rings. The lowest BCUT2D eigenvalue weighted by atomic mass is 9.64. The zero-order chi connectivity index (χ0) is 20.3. The quantitative estimate of drug-likeness (QED) is 0.570. The van der Waals surface area contributed by atoms with Gasteiger partial charge in [-0.3, -0.25) is 4.79 Å². The molecular formula is C19H25ClN2O4S. The summed E-state index contributed by atoms with van der Waals surface area (Å²) in [4.78, 5) is 10.7. The summed E-state index contributed by atoms with van der Waals surface area (Å²) >= 11 is 6.42. The highest BCUT2D eigenvalue weighted by molar-refractivity contribution is 7.90. The van der Waals surface area contributed by atoms with Crippen LogP contribution < -0.4 is 10.0 Å². The van der Waals surface area contributed by atoms with Crippen molar-refractivity contribution in [3.8, 4) is 0 Å². The molecule has 2 unspecified atom stereocenters. The molecule has 2 atom stereocenters.